The van der Waals surface area contributed by atoms with Crippen LogP contribution in [-0.2, 0) is 9.59 Å². The minimum Gasteiger partial charge on any atom is -0.355 e. The number of carbonyl (C=O) groups is 2. The fourth-order valence-corrected chi connectivity index (χ4v) is 1.000. The average Bonchev–Trinajstić information content (AvgIpc) is 2.13. The van der Waals surface area contributed by atoms with E-state index < -0.39 is 0 Å². The van der Waals surface area contributed by atoms with Crippen molar-refractivity contribution in [2.75, 3.05) is 13.1 Å². The lowest BCUT2D eigenvalue weighted by Crippen LogP contribution is -2.34. The van der Waals surface area contributed by atoms with Crippen molar-refractivity contribution in [2.45, 2.75) is 27.2 Å². The van der Waals surface area contributed by atoms with Crippen molar-refractivity contribution in [1.29, 1.82) is 0 Å². The van der Waals surface area contributed by atoms with Crippen LogP contribution in [0.4, 0.5) is 0 Å². The number of rotatable bonds is 6. The normalized spacial score (nSPS) is 12.6. The lowest BCUT2D eigenvalue weighted by molar-refractivity contribution is -0.130. The Bertz CT molecular complexity index is 202. The molecule has 0 aromatic carbocycles. The molecule has 4 heteroatoms. The Kier molecular flexibility index (Phi) is 6.12. The van der Waals surface area contributed by atoms with Crippen LogP contribution in [0.3, 0.4) is 0 Å². The number of nitrogens with one attached hydrogen (secondary N) is 1. The van der Waals surface area contributed by atoms with E-state index in [9.17, 15) is 9.59 Å². The molecule has 0 saturated heterocycles. The van der Waals surface area contributed by atoms with Crippen molar-refractivity contribution in [2.24, 2.45) is 17.6 Å². The molecule has 0 aliphatic heterocycles. The number of amides is 1. The zero-order valence-corrected chi connectivity index (χ0v) is 9.17. The van der Waals surface area contributed by atoms with Crippen molar-refractivity contribution in [3.63, 3.8) is 0 Å². The third-order valence-corrected chi connectivity index (χ3v) is 2.04. The second-order valence-electron chi connectivity index (χ2n) is 3.81. The Balaban J connectivity index is 3.89. The topological polar surface area (TPSA) is 72.2 Å². The highest BCUT2D eigenvalue weighted by Gasteiger charge is 2.17. The van der Waals surface area contributed by atoms with Crippen LogP contribution in [0.1, 0.15) is 27.2 Å². The molecule has 0 aliphatic rings. The average molecular weight is 200 g/mol. The zero-order chi connectivity index (χ0) is 11.1. The Hall–Kier alpha value is -0.900. The van der Waals surface area contributed by atoms with Crippen molar-refractivity contribution in [3.8, 4) is 0 Å². The van der Waals surface area contributed by atoms with E-state index in [-0.39, 0.29) is 23.5 Å². The Morgan fingerprint density at radius 1 is 1.29 bits per heavy atom. The van der Waals surface area contributed by atoms with Gasteiger partial charge in [-0.15, -0.1) is 0 Å². The molecule has 0 aromatic heterocycles. The molecule has 82 valence electrons. The van der Waals surface area contributed by atoms with E-state index in [0.29, 0.717) is 19.5 Å². The summed E-state index contributed by atoms with van der Waals surface area (Å²) in [6.07, 6.45) is 0.314. The molecule has 0 fully saturated rings. The van der Waals surface area contributed by atoms with Gasteiger partial charge in [0.05, 0.1) is 0 Å². The van der Waals surface area contributed by atoms with Crippen LogP contribution >= 0.6 is 0 Å². The molecule has 14 heavy (non-hydrogen) atoms. The van der Waals surface area contributed by atoms with Crippen LogP contribution in [0, 0.1) is 11.8 Å². The summed E-state index contributed by atoms with van der Waals surface area (Å²) in [5.74, 6) is -0.221. The van der Waals surface area contributed by atoms with E-state index in [0.717, 1.165) is 0 Å². The van der Waals surface area contributed by atoms with Gasteiger partial charge >= 0.3 is 0 Å². The first-order chi connectivity index (χ1) is 6.49. The maximum atomic E-state index is 11.3. The van der Waals surface area contributed by atoms with Gasteiger partial charge in [0.25, 0.3) is 0 Å². The number of hydrogen-bond donors (Lipinski definition) is 2. The molecule has 0 heterocycles. The highest BCUT2D eigenvalue weighted by Crippen LogP contribution is 2.07. The second-order valence-corrected chi connectivity index (χ2v) is 3.81. The molecule has 0 bridgehead atoms. The smallest absolute Gasteiger partial charge is 0.223 e. The predicted molar refractivity (Wildman–Crippen MR) is 55.7 cm³/mol. The van der Waals surface area contributed by atoms with Crippen molar-refractivity contribution < 1.29 is 9.59 Å². The van der Waals surface area contributed by atoms with E-state index in [4.69, 9.17) is 5.73 Å². The number of Topliss-reactive ketones (excluding diaryl/α,β-unsaturated/α-hetero) is 1. The van der Waals surface area contributed by atoms with Gasteiger partial charge in [0.15, 0.2) is 0 Å². The molecule has 3 N–H and O–H groups in total. The lowest BCUT2D eigenvalue weighted by atomic mass is 9.97. The maximum absolute atomic E-state index is 11.3. The molecular weight excluding hydrogens is 180 g/mol. The summed E-state index contributed by atoms with van der Waals surface area (Å²) < 4.78 is 0. The summed E-state index contributed by atoms with van der Waals surface area (Å²) in [7, 11) is 0. The minimum atomic E-state index is -0.253. The monoisotopic (exact) mass is 200 g/mol. The van der Waals surface area contributed by atoms with Crippen molar-refractivity contribution in [3.05, 3.63) is 0 Å². The van der Waals surface area contributed by atoms with Gasteiger partial charge in [0.1, 0.15) is 5.78 Å². The van der Waals surface area contributed by atoms with Crippen LogP contribution in [0.5, 0.6) is 0 Å². The van der Waals surface area contributed by atoms with Gasteiger partial charge < -0.3 is 11.1 Å². The Labute approximate surface area is 85.2 Å². The van der Waals surface area contributed by atoms with Crippen molar-refractivity contribution >= 4 is 11.7 Å². The number of hydrogen-bond acceptors (Lipinski definition) is 3. The Morgan fingerprint density at radius 3 is 2.29 bits per heavy atom. The standard InChI is InChI=1S/C10H20N2O2/c1-7(2)9(13)6-8(3)10(14)12-5-4-11/h7-8H,4-6,11H2,1-3H3,(H,12,14). The molecule has 0 rings (SSSR count). The van der Waals surface area contributed by atoms with Crippen LogP contribution in [-0.4, -0.2) is 24.8 Å². The van der Waals surface area contributed by atoms with Crippen LogP contribution in [0.25, 0.3) is 0 Å². The predicted octanol–water partition coefficient (Wildman–Crippen LogP) is 0.313. The number of nitrogens with two attached hydrogens (primary N) is 1. The lowest BCUT2D eigenvalue weighted by Gasteiger charge is -2.12. The maximum Gasteiger partial charge on any atom is 0.223 e. The first-order valence-electron chi connectivity index (χ1n) is 4.99. The molecular formula is C10H20N2O2. The highest BCUT2D eigenvalue weighted by atomic mass is 16.2. The van der Waals surface area contributed by atoms with Gasteiger partial charge in [0.2, 0.25) is 5.91 Å². The summed E-state index contributed by atoms with van der Waals surface area (Å²) in [5, 5.41) is 2.66. The van der Waals surface area contributed by atoms with Gasteiger partial charge in [-0.1, -0.05) is 20.8 Å². The van der Waals surface area contributed by atoms with Gasteiger partial charge in [-0.05, 0) is 0 Å². The highest BCUT2D eigenvalue weighted by molar-refractivity contribution is 5.87. The quantitative estimate of drug-likeness (QED) is 0.648. The summed E-state index contributed by atoms with van der Waals surface area (Å²) in [5.41, 5.74) is 5.24. The molecule has 0 spiro atoms. The minimum absolute atomic E-state index is 0.000224. The summed E-state index contributed by atoms with van der Waals surface area (Å²) in [6, 6.07) is 0. The van der Waals surface area contributed by atoms with Gasteiger partial charge in [-0.2, -0.15) is 0 Å². The summed E-state index contributed by atoms with van der Waals surface area (Å²) in [4.78, 5) is 22.7. The molecule has 1 atom stereocenters. The van der Waals surface area contributed by atoms with Gasteiger partial charge in [0, 0.05) is 31.3 Å². The molecule has 1 unspecified atom stereocenters. The van der Waals surface area contributed by atoms with E-state index in [1.807, 2.05) is 13.8 Å². The molecule has 0 radical (unpaired) electrons. The molecule has 0 aliphatic carbocycles. The van der Waals surface area contributed by atoms with E-state index in [1.165, 1.54) is 0 Å². The fraction of sp³-hybridized carbons (Fsp3) is 0.800. The van der Waals surface area contributed by atoms with Gasteiger partial charge in [-0.25, -0.2) is 0 Å². The van der Waals surface area contributed by atoms with Crippen LogP contribution < -0.4 is 11.1 Å². The van der Waals surface area contributed by atoms with E-state index >= 15 is 0 Å². The molecule has 0 saturated carbocycles. The molecule has 0 aromatic rings. The third kappa shape index (κ3) is 4.97. The third-order valence-electron chi connectivity index (χ3n) is 2.04. The number of carbonyl (C=O) groups excluding carboxylic acids is 2. The molecule has 1 amide bonds. The Morgan fingerprint density at radius 2 is 1.86 bits per heavy atom. The van der Waals surface area contributed by atoms with Crippen LogP contribution in [0.2, 0.25) is 0 Å². The molecule has 4 nitrogen and oxygen atoms in total. The SMILES string of the molecule is CC(C)C(=O)CC(C)C(=O)NCCN. The van der Waals surface area contributed by atoms with Crippen LogP contribution in [0.15, 0.2) is 0 Å². The van der Waals surface area contributed by atoms with E-state index in [2.05, 4.69) is 5.32 Å². The first kappa shape index (κ1) is 13.1. The first-order valence-corrected chi connectivity index (χ1v) is 4.99. The number of ketones is 1. The van der Waals surface area contributed by atoms with Gasteiger partial charge in [-0.3, -0.25) is 9.59 Å². The zero-order valence-electron chi connectivity index (χ0n) is 9.17. The fourth-order valence-electron chi connectivity index (χ4n) is 1.000. The second kappa shape index (κ2) is 6.54. The summed E-state index contributed by atoms with van der Waals surface area (Å²) in [6.45, 7) is 6.33. The summed E-state index contributed by atoms with van der Waals surface area (Å²) >= 11 is 0. The largest absolute Gasteiger partial charge is 0.355 e. The van der Waals surface area contributed by atoms with E-state index in [1.54, 1.807) is 6.92 Å². The van der Waals surface area contributed by atoms with Crippen molar-refractivity contribution in [1.82, 2.24) is 5.32 Å².